The van der Waals surface area contributed by atoms with Crippen molar-refractivity contribution in [1.82, 2.24) is 9.47 Å². The first kappa shape index (κ1) is 14.3. The van der Waals surface area contributed by atoms with E-state index in [4.69, 9.17) is 0 Å². The molecule has 2 aliphatic heterocycles. The van der Waals surface area contributed by atoms with Crippen LogP contribution in [0, 0.1) is 17.8 Å². The molecule has 1 saturated heterocycles. The molecule has 1 aromatic heterocycles. The van der Waals surface area contributed by atoms with Gasteiger partial charge in [0, 0.05) is 42.9 Å². The summed E-state index contributed by atoms with van der Waals surface area (Å²) in [6.07, 6.45) is 1.20. The van der Waals surface area contributed by atoms with Gasteiger partial charge in [-0.15, -0.1) is 0 Å². The van der Waals surface area contributed by atoms with Gasteiger partial charge in [-0.25, -0.2) is 0 Å². The number of rotatable bonds is 1. The van der Waals surface area contributed by atoms with Crippen molar-refractivity contribution in [2.75, 3.05) is 19.6 Å². The van der Waals surface area contributed by atoms with E-state index in [1.54, 1.807) is 6.07 Å². The normalized spacial score (nSPS) is 22.8. The van der Waals surface area contributed by atoms with Crippen molar-refractivity contribution in [1.29, 1.82) is 0 Å². The molecule has 1 aromatic carbocycles. The molecular weight excluding hydrogens is 284 g/mol. The number of benzene rings is 1. The lowest BCUT2D eigenvalue weighted by molar-refractivity contribution is 0.133. The highest BCUT2D eigenvalue weighted by Crippen LogP contribution is 2.34. The van der Waals surface area contributed by atoms with Crippen molar-refractivity contribution in [3.05, 3.63) is 70.1 Å². The fourth-order valence-corrected chi connectivity index (χ4v) is 3.90. The zero-order valence-corrected chi connectivity index (χ0v) is 13.1. The van der Waals surface area contributed by atoms with Crippen LogP contribution in [0.25, 0.3) is 0 Å². The van der Waals surface area contributed by atoms with Crippen LogP contribution in [0.3, 0.4) is 0 Å². The van der Waals surface area contributed by atoms with E-state index in [-0.39, 0.29) is 5.56 Å². The zero-order chi connectivity index (χ0) is 15.6. The number of likely N-dealkylation sites (tertiary alicyclic amines) is 1. The average Bonchev–Trinajstić information content (AvgIpc) is 2.57. The molecule has 0 saturated carbocycles. The lowest BCUT2D eigenvalue weighted by atomic mass is 9.83. The van der Waals surface area contributed by atoms with Crippen molar-refractivity contribution >= 4 is 0 Å². The number of hydrogen-bond acceptors (Lipinski definition) is 2. The summed E-state index contributed by atoms with van der Waals surface area (Å²) < 4.78 is 1.98. The van der Waals surface area contributed by atoms with Crippen molar-refractivity contribution in [3.8, 4) is 11.8 Å². The zero-order valence-electron chi connectivity index (χ0n) is 13.1. The summed E-state index contributed by atoms with van der Waals surface area (Å²) in [5.74, 6) is 7.58. The maximum Gasteiger partial charge on any atom is 0.250 e. The molecule has 2 bridgehead atoms. The maximum absolute atomic E-state index is 12.0. The number of hydrogen-bond donors (Lipinski definition) is 0. The lowest BCUT2D eigenvalue weighted by Gasteiger charge is -2.42. The predicted octanol–water partition coefficient (Wildman–Crippen LogP) is 2.32. The Kier molecular flexibility index (Phi) is 3.77. The molecule has 0 aliphatic carbocycles. The molecule has 0 amide bonds. The predicted molar refractivity (Wildman–Crippen MR) is 91.3 cm³/mol. The first-order chi connectivity index (χ1) is 11.3. The van der Waals surface area contributed by atoms with E-state index in [2.05, 4.69) is 22.8 Å². The van der Waals surface area contributed by atoms with E-state index in [1.807, 2.05) is 41.0 Å². The standard InChI is InChI=1S/C20H20N2O/c23-20-10-4-9-19-18-12-17(14-22(19)20)13-21(15-18)11-5-8-16-6-2-1-3-7-16/h1-4,6-7,9-10,17-18H,11-15H2/t17-,18-/m0/s1. The molecular formula is C20H20N2O. The van der Waals surface area contributed by atoms with Gasteiger partial charge in [0.2, 0.25) is 0 Å². The Morgan fingerprint density at radius 1 is 1.00 bits per heavy atom. The molecule has 0 N–H and O–H groups in total. The van der Waals surface area contributed by atoms with E-state index in [9.17, 15) is 4.79 Å². The van der Waals surface area contributed by atoms with E-state index < -0.39 is 0 Å². The number of pyridine rings is 1. The van der Waals surface area contributed by atoms with Crippen molar-refractivity contribution in [2.24, 2.45) is 5.92 Å². The van der Waals surface area contributed by atoms with Crippen LogP contribution in [0.4, 0.5) is 0 Å². The van der Waals surface area contributed by atoms with Crippen molar-refractivity contribution in [2.45, 2.75) is 18.9 Å². The highest BCUT2D eigenvalue weighted by atomic mass is 16.1. The largest absolute Gasteiger partial charge is 0.312 e. The van der Waals surface area contributed by atoms with Crippen LogP contribution in [-0.2, 0) is 6.54 Å². The van der Waals surface area contributed by atoms with Gasteiger partial charge in [-0.05, 0) is 30.5 Å². The fourth-order valence-electron chi connectivity index (χ4n) is 3.90. The Hall–Kier alpha value is -2.31. The fraction of sp³-hybridized carbons (Fsp3) is 0.350. The van der Waals surface area contributed by atoms with Gasteiger partial charge in [0.1, 0.15) is 0 Å². The third kappa shape index (κ3) is 2.95. The van der Waals surface area contributed by atoms with E-state index in [0.717, 1.165) is 31.7 Å². The van der Waals surface area contributed by atoms with Gasteiger partial charge < -0.3 is 4.57 Å². The minimum absolute atomic E-state index is 0.148. The molecule has 2 atom stereocenters. The van der Waals surface area contributed by atoms with Gasteiger partial charge in [-0.1, -0.05) is 36.1 Å². The molecule has 3 heteroatoms. The van der Waals surface area contributed by atoms with Crippen LogP contribution in [0.5, 0.6) is 0 Å². The second-order valence-electron chi connectivity index (χ2n) is 6.56. The summed E-state index contributed by atoms with van der Waals surface area (Å²) in [6, 6.07) is 15.8. The Balaban J connectivity index is 1.49. The van der Waals surface area contributed by atoms with Gasteiger partial charge in [0.15, 0.2) is 0 Å². The van der Waals surface area contributed by atoms with E-state index in [1.165, 1.54) is 12.1 Å². The van der Waals surface area contributed by atoms with Gasteiger partial charge in [0.05, 0.1) is 6.54 Å². The molecule has 2 aliphatic rings. The summed E-state index contributed by atoms with van der Waals surface area (Å²) in [6.45, 7) is 3.71. The molecule has 0 spiro atoms. The SMILES string of the molecule is O=c1cccc2n1C[C@H]1C[C@H]2CN(CC#Cc2ccccc2)C1. The molecule has 23 heavy (non-hydrogen) atoms. The molecule has 1 fully saturated rings. The number of piperidine rings is 1. The molecule has 4 rings (SSSR count). The number of aromatic nitrogens is 1. The Bertz CT molecular complexity index is 813. The second-order valence-corrected chi connectivity index (χ2v) is 6.56. The van der Waals surface area contributed by atoms with Crippen LogP contribution in [0.1, 0.15) is 23.6 Å². The molecule has 3 nitrogen and oxygen atoms in total. The lowest BCUT2D eigenvalue weighted by Crippen LogP contribution is -2.47. The molecule has 116 valence electrons. The van der Waals surface area contributed by atoms with Crippen LogP contribution in [0.2, 0.25) is 0 Å². The summed E-state index contributed by atoms with van der Waals surface area (Å²) in [4.78, 5) is 14.5. The van der Waals surface area contributed by atoms with Crippen LogP contribution < -0.4 is 5.56 Å². The van der Waals surface area contributed by atoms with E-state index in [0.29, 0.717) is 11.8 Å². The quantitative estimate of drug-likeness (QED) is 0.756. The van der Waals surface area contributed by atoms with Gasteiger partial charge >= 0.3 is 0 Å². The monoisotopic (exact) mass is 304 g/mol. The molecule has 0 unspecified atom stereocenters. The van der Waals surface area contributed by atoms with Gasteiger partial charge in [-0.3, -0.25) is 9.69 Å². The highest BCUT2D eigenvalue weighted by Gasteiger charge is 2.33. The minimum Gasteiger partial charge on any atom is -0.312 e. The van der Waals surface area contributed by atoms with Crippen LogP contribution >= 0.6 is 0 Å². The maximum atomic E-state index is 12.0. The third-order valence-electron chi connectivity index (χ3n) is 4.86. The van der Waals surface area contributed by atoms with Gasteiger partial charge in [-0.2, -0.15) is 0 Å². The summed E-state index contributed by atoms with van der Waals surface area (Å²) >= 11 is 0. The smallest absolute Gasteiger partial charge is 0.250 e. The van der Waals surface area contributed by atoms with Crippen LogP contribution in [-0.4, -0.2) is 29.1 Å². The topological polar surface area (TPSA) is 25.2 Å². The van der Waals surface area contributed by atoms with Crippen molar-refractivity contribution < 1.29 is 0 Å². The third-order valence-corrected chi connectivity index (χ3v) is 4.86. The van der Waals surface area contributed by atoms with E-state index >= 15 is 0 Å². The number of fused-ring (bicyclic) bond motifs is 4. The Morgan fingerprint density at radius 2 is 1.87 bits per heavy atom. The Labute approximate surface area is 136 Å². The minimum atomic E-state index is 0.148. The van der Waals surface area contributed by atoms with Crippen LogP contribution in [0.15, 0.2) is 53.3 Å². The van der Waals surface area contributed by atoms with Gasteiger partial charge in [0.25, 0.3) is 5.56 Å². The summed E-state index contributed by atoms with van der Waals surface area (Å²) in [5, 5.41) is 0. The first-order valence-corrected chi connectivity index (χ1v) is 8.25. The average molecular weight is 304 g/mol. The number of nitrogens with zero attached hydrogens (tertiary/aromatic N) is 2. The summed E-state index contributed by atoms with van der Waals surface area (Å²) in [5.41, 5.74) is 2.42. The van der Waals surface area contributed by atoms with Crippen molar-refractivity contribution in [3.63, 3.8) is 0 Å². The second kappa shape index (κ2) is 6.06. The summed E-state index contributed by atoms with van der Waals surface area (Å²) in [7, 11) is 0. The Morgan fingerprint density at radius 3 is 2.74 bits per heavy atom. The molecule has 3 heterocycles. The molecule has 2 aromatic rings. The molecule has 0 radical (unpaired) electrons. The highest BCUT2D eigenvalue weighted by molar-refractivity contribution is 5.33. The first-order valence-electron chi connectivity index (χ1n) is 8.25.